The molecular weight excluding hydrogens is 376 g/mol. The van der Waals surface area contributed by atoms with Gasteiger partial charge in [-0.2, -0.15) is 0 Å². The third kappa shape index (κ3) is 5.20. The Morgan fingerprint density at radius 2 is 1.87 bits per heavy atom. The summed E-state index contributed by atoms with van der Waals surface area (Å²) in [4.78, 5) is 22.0. The number of amides is 2. The number of phenols is 2. The summed E-state index contributed by atoms with van der Waals surface area (Å²) in [7, 11) is 0. The highest BCUT2D eigenvalue weighted by Gasteiger charge is 2.22. The number of carbonyl (C=O) groups is 2. The monoisotopic (exact) mass is 386 g/mol. The number of carbonyl (C=O) groups excluding carboxylic acids is 2. The van der Waals surface area contributed by atoms with E-state index in [0.29, 0.717) is 24.9 Å². The van der Waals surface area contributed by atoms with E-state index in [1.165, 1.54) is 36.0 Å². The molecule has 2 heterocycles. The quantitative estimate of drug-likeness (QED) is 0.428. The average molecular weight is 387 g/mol. The molecule has 120 valence electrons. The van der Waals surface area contributed by atoms with E-state index in [2.05, 4.69) is 22.9 Å². The topological polar surface area (TPSA) is 98.7 Å². The summed E-state index contributed by atoms with van der Waals surface area (Å²) < 4.78 is 1.000. The number of aromatic hydroxyl groups is 2. The smallest absolute Gasteiger partial charge is 0.263 e. The molecule has 3 rings (SSSR count). The van der Waals surface area contributed by atoms with Crippen molar-refractivity contribution in [2.45, 2.75) is 0 Å². The average Bonchev–Trinajstić information content (AvgIpc) is 2.99. The molecule has 10 heteroatoms. The van der Waals surface area contributed by atoms with E-state index in [1.54, 1.807) is 0 Å². The van der Waals surface area contributed by atoms with Crippen LogP contribution in [0.4, 0.5) is 0 Å². The number of nitrogens with one attached hydrogen (secondary N) is 2. The van der Waals surface area contributed by atoms with Crippen LogP contribution in [0.5, 0.6) is 11.5 Å². The van der Waals surface area contributed by atoms with Crippen molar-refractivity contribution >= 4 is 74.5 Å². The molecule has 4 N–H and O–H groups in total. The van der Waals surface area contributed by atoms with Gasteiger partial charge in [-0.1, -0.05) is 48.0 Å². The van der Waals surface area contributed by atoms with Crippen LogP contribution in [0, 0.1) is 0 Å². The van der Waals surface area contributed by atoms with Crippen molar-refractivity contribution in [1.29, 1.82) is 0 Å². The number of thioether (sulfide) groups is 2. The Morgan fingerprint density at radius 3 is 2.30 bits per heavy atom. The molecule has 0 atom stereocenters. The van der Waals surface area contributed by atoms with E-state index in [0.717, 1.165) is 11.8 Å². The summed E-state index contributed by atoms with van der Waals surface area (Å²) in [6.07, 6.45) is 1.52. The van der Waals surface area contributed by atoms with Crippen LogP contribution in [0.3, 0.4) is 0 Å². The predicted molar refractivity (Wildman–Crippen MR) is 99.3 cm³/mol. The van der Waals surface area contributed by atoms with Crippen LogP contribution in [-0.2, 0) is 9.59 Å². The van der Waals surface area contributed by atoms with E-state index in [-0.39, 0.29) is 23.3 Å². The molecule has 0 aliphatic carbocycles. The van der Waals surface area contributed by atoms with Gasteiger partial charge in [-0.05, 0) is 18.2 Å². The first-order valence-electron chi connectivity index (χ1n) is 6.08. The lowest BCUT2D eigenvalue weighted by molar-refractivity contribution is -0.117. The zero-order valence-electron chi connectivity index (χ0n) is 11.4. The van der Waals surface area contributed by atoms with E-state index >= 15 is 0 Å². The summed E-state index contributed by atoms with van der Waals surface area (Å²) in [5.41, 5.74) is 0.458. The summed E-state index contributed by atoms with van der Waals surface area (Å²) >= 11 is 12.0. The van der Waals surface area contributed by atoms with E-state index < -0.39 is 0 Å². The molecule has 2 fully saturated rings. The maximum atomic E-state index is 11.3. The second-order valence-corrected chi connectivity index (χ2v) is 7.59. The van der Waals surface area contributed by atoms with Crippen LogP contribution in [0.2, 0.25) is 0 Å². The molecule has 0 aromatic heterocycles. The number of phenolic OH excluding ortho intramolecular Hbond substituents is 2. The Kier molecular flexibility index (Phi) is 5.99. The SMILES string of the molecule is O=C1CSC(=S)N1.O=C1NC(=S)S/C1=C\c1ccc(O)cc1O. The van der Waals surface area contributed by atoms with Gasteiger partial charge >= 0.3 is 0 Å². The fourth-order valence-electron chi connectivity index (χ4n) is 1.53. The zero-order valence-corrected chi connectivity index (χ0v) is 14.6. The van der Waals surface area contributed by atoms with Crippen molar-refractivity contribution in [3.8, 4) is 11.5 Å². The molecular formula is C13H10N2O4S4. The first kappa shape index (κ1) is 17.7. The molecule has 0 bridgehead atoms. The Hall–Kier alpha value is -1.62. The van der Waals surface area contributed by atoms with Gasteiger partial charge in [0.1, 0.15) is 20.1 Å². The third-order valence-corrected chi connectivity index (χ3v) is 4.91. The van der Waals surface area contributed by atoms with Crippen molar-refractivity contribution in [2.24, 2.45) is 0 Å². The van der Waals surface area contributed by atoms with Crippen molar-refractivity contribution in [3.63, 3.8) is 0 Å². The fourth-order valence-corrected chi connectivity index (χ4v) is 3.38. The van der Waals surface area contributed by atoms with E-state index in [9.17, 15) is 14.7 Å². The van der Waals surface area contributed by atoms with Crippen molar-refractivity contribution in [1.82, 2.24) is 10.6 Å². The van der Waals surface area contributed by atoms with Gasteiger partial charge in [-0.25, -0.2) is 0 Å². The highest BCUT2D eigenvalue weighted by Crippen LogP contribution is 2.30. The highest BCUT2D eigenvalue weighted by atomic mass is 32.2. The summed E-state index contributed by atoms with van der Waals surface area (Å²) in [6, 6.07) is 4.16. The first-order chi connectivity index (χ1) is 10.8. The summed E-state index contributed by atoms with van der Waals surface area (Å²) in [5.74, 6) is 0.133. The van der Waals surface area contributed by atoms with Gasteiger partial charge < -0.3 is 20.8 Å². The minimum absolute atomic E-state index is 0.0231. The van der Waals surface area contributed by atoms with E-state index in [1.807, 2.05) is 0 Å². The van der Waals surface area contributed by atoms with Gasteiger partial charge in [0.25, 0.3) is 5.91 Å². The van der Waals surface area contributed by atoms with Gasteiger partial charge in [0, 0.05) is 11.6 Å². The lowest BCUT2D eigenvalue weighted by Gasteiger charge is -2.00. The first-order valence-corrected chi connectivity index (χ1v) is 8.70. The largest absolute Gasteiger partial charge is 0.508 e. The van der Waals surface area contributed by atoms with Gasteiger partial charge in [-0.3, -0.25) is 9.59 Å². The normalized spacial score (nSPS) is 18.5. The highest BCUT2D eigenvalue weighted by molar-refractivity contribution is 8.26. The summed E-state index contributed by atoms with van der Waals surface area (Å²) in [5, 5.41) is 23.6. The molecule has 6 nitrogen and oxygen atoms in total. The maximum absolute atomic E-state index is 11.3. The molecule has 2 amide bonds. The number of hydrogen-bond donors (Lipinski definition) is 4. The second kappa shape index (κ2) is 7.77. The van der Waals surface area contributed by atoms with Crippen LogP contribution in [0.1, 0.15) is 5.56 Å². The third-order valence-electron chi connectivity index (χ3n) is 2.52. The van der Waals surface area contributed by atoms with E-state index in [4.69, 9.17) is 17.3 Å². The molecule has 0 spiro atoms. The van der Waals surface area contributed by atoms with Gasteiger partial charge in [0.2, 0.25) is 5.91 Å². The van der Waals surface area contributed by atoms with Crippen molar-refractivity contribution < 1.29 is 19.8 Å². The van der Waals surface area contributed by atoms with Crippen LogP contribution in [0.15, 0.2) is 23.1 Å². The molecule has 0 radical (unpaired) electrons. The van der Waals surface area contributed by atoms with Crippen molar-refractivity contribution in [3.05, 3.63) is 28.7 Å². The summed E-state index contributed by atoms with van der Waals surface area (Å²) in [6.45, 7) is 0. The lowest BCUT2D eigenvalue weighted by atomic mass is 10.2. The number of hydrogen-bond acceptors (Lipinski definition) is 8. The molecule has 23 heavy (non-hydrogen) atoms. The van der Waals surface area contributed by atoms with Crippen LogP contribution in [-0.4, -0.2) is 36.4 Å². The number of rotatable bonds is 1. The van der Waals surface area contributed by atoms with Crippen LogP contribution >= 0.6 is 48.0 Å². The molecule has 2 aliphatic rings. The van der Waals surface area contributed by atoms with Gasteiger partial charge in [0.15, 0.2) is 0 Å². The molecule has 1 aromatic carbocycles. The Morgan fingerprint density at radius 1 is 1.13 bits per heavy atom. The maximum Gasteiger partial charge on any atom is 0.263 e. The van der Waals surface area contributed by atoms with Crippen LogP contribution < -0.4 is 10.6 Å². The molecule has 0 saturated carbocycles. The minimum Gasteiger partial charge on any atom is -0.508 e. The minimum atomic E-state index is -0.275. The molecule has 1 aromatic rings. The molecule has 2 aliphatic heterocycles. The Balaban J connectivity index is 0.000000229. The fraction of sp³-hybridized carbons (Fsp3) is 0.0769. The molecule has 2 saturated heterocycles. The number of benzene rings is 1. The zero-order chi connectivity index (χ0) is 17.0. The Bertz CT molecular complexity index is 719. The predicted octanol–water partition coefficient (Wildman–Crippen LogP) is 1.72. The van der Waals surface area contributed by atoms with Crippen LogP contribution in [0.25, 0.3) is 6.08 Å². The lowest BCUT2D eigenvalue weighted by Crippen LogP contribution is -2.18. The second-order valence-electron chi connectivity index (χ2n) is 4.22. The van der Waals surface area contributed by atoms with Crippen molar-refractivity contribution in [2.75, 3.05) is 5.75 Å². The number of thiocarbonyl (C=S) groups is 2. The van der Waals surface area contributed by atoms with Gasteiger partial charge in [-0.15, -0.1) is 0 Å². The molecule has 0 unspecified atom stereocenters. The Labute approximate surface area is 150 Å². The van der Waals surface area contributed by atoms with Gasteiger partial charge in [0.05, 0.1) is 10.7 Å². The standard InChI is InChI=1S/C10H7NO3S2.C3H3NOS2/c12-6-2-1-5(7(13)4-6)3-8-9(14)11-10(15)16-8;5-2-1-7-3(6)4-2/h1-4,12-13H,(H,11,14,15);1H2,(H,4,5,6)/b8-3-;.